The van der Waals surface area contributed by atoms with Crippen LogP contribution in [0.5, 0.6) is 0 Å². The molecule has 0 aliphatic carbocycles. The molecule has 0 spiro atoms. The summed E-state index contributed by atoms with van der Waals surface area (Å²) in [5.74, 6) is -0.499. The fraction of sp³-hybridized carbons (Fsp3) is 0.400. The predicted octanol–water partition coefficient (Wildman–Crippen LogP) is 1.44. The van der Waals surface area contributed by atoms with E-state index >= 15 is 0 Å². The molecule has 0 saturated heterocycles. The second-order valence-corrected chi connectivity index (χ2v) is 5.61. The molecule has 0 aromatic carbocycles. The van der Waals surface area contributed by atoms with Crippen LogP contribution in [-0.4, -0.2) is 40.6 Å². The number of aromatic nitrogens is 6. The third-order valence-corrected chi connectivity index (χ3v) is 4.12. The van der Waals surface area contributed by atoms with Crippen molar-refractivity contribution in [1.82, 2.24) is 29.5 Å². The van der Waals surface area contributed by atoms with Gasteiger partial charge in [-0.1, -0.05) is 26.7 Å². The highest BCUT2D eigenvalue weighted by atomic mass is 16.4. The molecule has 9 heteroatoms. The van der Waals surface area contributed by atoms with Crippen molar-refractivity contribution in [1.29, 1.82) is 0 Å². The van der Waals surface area contributed by atoms with E-state index in [0.717, 1.165) is 12.8 Å². The van der Waals surface area contributed by atoms with Gasteiger partial charge in [-0.2, -0.15) is 10.2 Å². The molecule has 0 unspecified atom stereocenters. The Bertz CT molecular complexity index is 934. The number of aromatic amines is 1. The minimum atomic E-state index is -1.09. The van der Waals surface area contributed by atoms with Crippen LogP contribution in [0.4, 0.5) is 0 Å². The summed E-state index contributed by atoms with van der Waals surface area (Å²) in [6, 6.07) is 0. The first-order valence-corrected chi connectivity index (χ1v) is 7.77. The van der Waals surface area contributed by atoms with E-state index in [-0.39, 0.29) is 17.1 Å². The highest BCUT2D eigenvalue weighted by molar-refractivity contribution is 5.87. The molecule has 2 N–H and O–H groups in total. The zero-order chi connectivity index (χ0) is 17.3. The fourth-order valence-electron chi connectivity index (χ4n) is 2.58. The smallest absolute Gasteiger partial charge is 0.338 e. The summed E-state index contributed by atoms with van der Waals surface area (Å²) in [4.78, 5) is 30.3. The van der Waals surface area contributed by atoms with Gasteiger partial charge in [-0.3, -0.25) is 14.5 Å². The molecule has 0 aliphatic rings. The average molecular weight is 330 g/mol. The number of aromatic carboxylic acids is 1. The molecule has 0 fully saturated rings. The molecule has 0 aliphatic heterocycles. The van der Waals surface area contributed by atoms with Crippen LogP contribution in [0, 0.1) is 5.92 Å². The zero-order valence-electron chi connectivity index (χ0n) is 13.4. The number of nitrogens with zero attached hydrogens (tertiary/aromatic N) is 5. The molecular weight excluding hydrogens is 312 g/mol. The number of rotatable bonds is 6. The Balaban J connectivity index is 2.02. The Labute approximate surface area is 136 Å². The summed E-state index contributed by atoms with van der Waals surface area (Å²) in [7, 11) is 0. The largest absolute Gasteiger partial charge is 0.478 e. The van der Waals surface area contributed by atoms with Gasteiger partial charge in [0.05, 0.1) is 18.0 Å². The minimum Gasteiger partial charge on any atom is -0.478 e. The van der Waals surface area contributed by atoms with Gasteiger partial charge in [-0.25, -0.2) is 14.5 Å². The van der Waals surface area contributed by atoms with Gasteiger partial charge in [0.15, 0.2) is 5.52 Å². The molecule has 126 valence electrons. The summed E-state index contributed by atoms with van der Waals surface area (Å²) in [6.45, 7) is 4.88. The summed E-state index contributed by atoms with van der Waals surface area (Å²) < 4.78 is 2.90. The van der Waals surface area contributed by atoms with Crippen molar-refractivity contribution in [3.05, 3.63) is 34.5 Å². The normalized spacial score (nSPS) is 11.5. The molecule has 3 heterocycles. The zero-order valence-corrected chi connectivity index (χ0v) is 13.4. The topological polar surface area (TPSA) is 119 Å². The maximum atomic E-state index is 12.4. The van der Waals surface area contributed by atoms with Gasteiger partial charge < -0.3 is 5.11 Å². The van der Waals surface area contributed by atoms with Crippen LogP contribution >= 0.6 is 0 Å². The van der Waals surface area contributed by atoms with Crippen molar-refractivity contribution in [2.45, 2.75) is 33.2 Å². The second-order valence-electron chi connectivity index (χ2n) is 5.61. The number of fused-ring (bicyclic) bond motifs is 1. The number of H-pyrrole nitrogens is 1. The van der Waals surface area contributed by atoms with E-state index in [2.05, 4.69) is 34.0 Å². The number of carbonyl (C=O) groups is 1. The Morgan fingerprint density at radius 2 is 2.04 bits per heavy atom. The summed E-state index contributed by atoms with van der Waals surface area (Å²) >= 11 is 0. The van der Waals surface area contributed by atoms with Gasteiger partial charge in [0.2, 0.25) is 5.95 Å². The van der Waals surface area contributed by atoms with E-state index in [1.54, 1.807) is 4.68 Å². The van der Waals surface area contributed by atoms with Gasteiger partial charge in [0.25, 0.3) is 5.56 Å². The number of hydrogen-bond acceptors (Lipinski definition) is 5. The Kier molecular flexibility index (Phi) is 4.15. The van der Waals surface area contributed by atoms with E-state index in [4.69, 9.17) is 5.11 Å². The third kappa shape index (κ3) is 2.80. The van der Waals surface area contributed by atoms with Crippen molar-refractivity contribution in [3.8, 4) is 5.95 Å². The van der Waals surface area contributed by atoms with E-state index in [1.165, 1.54) is 23.3 Å². The van der Waals surface area contributed by atoms with Crippen molar-refractivity contribution < 1.29 is 9.90 Å². The molecule has 0 amide bonds. The number of carboxylic acids is 1. The first-order chi connectivity index (χ1) is 11.5. The standard InChI is InChI=1S/C15H18N6O3/c1-3-9(4-2)7-20-12-11(6-17-20)18-15(19-13(12)22)21-8-10(5-16-21)14(23)24/h5-6,8-9H,3-4,7H2,1-2H3,(H,23,24)(H,18,19,22). The summed E-state index contributed by atoms with van der Waals surface area (Å²) in [5.41, 5.74) is 0.552. The average Bonchev–Trinajstić information content (AvgIpc) is 3.20. The first-order valence-electron chi connectivity index (χ1n) is 7.77. The molecule has 3 aromatic heterocycles. The van der Waals surface area contributed by atoms with Gasteiger partial charge in [0, 0.05) is 12.7 Å². The minimum absolute atomic E-state index is 0.0159. The van der Waals surface area contributed by atoms with Gasteiger partial charge in [-0.05, 0) is 5.92 Å². The fourth-order valence-corrected chi connectivity index (χ4v) is 2.58. The summed E-state index contributed by atoms with van der Waals surface area (Å²) in [6.07, 6.45) is 6.04. The summed E-state index contributed by atoms with van der Waals surface area (Å²) in [5, 5.41) is 17.1. The number of hydrogen-bond donors (Lipinski definition) is 2. The molecule has 0 bridgehead atoms. The highest BCUT2D eigenvalue weighted by Crippen LogP contribution is 2.14. The van der Waals surface area contributed by atoms with E-state index in [0.29, 0.717) is 23.5 Å². The highest BCUT2D eigenvalue weighted by Gasteiger charge is 2.15. The number of carboxylic acid groups (broad SMARTS) is 1. The maximum absolute atomic E-state index is 12.4. The Morgan fingerprint density at radius 3 is 2.67 bits per heavy atom. The molecule has 0 atom stereocenters. The molecule has 3 aromatic rings. The molecule has 0 saturated carbocycles. The lowest BCUT2D eigenvalue weighted by atomic mass is 10.0. The van der Waals surface area contributed by atoms with Gasteiger partial charge in [-0.15, -0.1) is 0 Å². The quantitative estimate of drug-likeness (QED) is 0.706. The Morgan fingerprint density at radius 1 is 1.29 bits per heavy atom. The van der Waals surface area contributed by atoms with Gasteiger partial charge in [0.1, 0.15) is 5.52 Å². The van der Waals surface area contributed by atoms with Gasteiger partial charge >= 0.3 is 5.97 Å². The van der Waals surface area contributed by atoms with Crippen LogP contribution < -0.4 is 5.56 Å². The van der Waals surface area contributed by atoms with E-state index < -0.39 is 5.97 Å². The lowest BCUT2D eigenvalue weighted by Crippen LogP contribution is -2.19. The first kappa shape index (κ1) is 15.9. The van der Waals surface area contributed by atoms with Crippen LogP contribution in [-0.2, 0) is 6.54 Å². The van der Waals surface area contributed by atoms with E-state index in [1.807, 2.05) is 0 Å². The second kappa shape index (κ2) is 6.26. The predicted molar refractivity (Wildman–Crippen MR) is 86.3 cm³/mol. The monoisotopic (exact) mass is 330 g/mol. The molecule has 24 heavy (non-hydrogen) atoms. The van der Waals surface area contributed by atoms with Crippen LogP contribution in [0.25, 0.3) is 17.0 Å². The van der Waals surface area contributed by atoms with Crippen LogP contribution in [0.3, 0.4) is 0 Å². The van der Waals surface area contributed by atoms with Crippen LogP contribution in [0.1, 0.15) is 37.0 Å². The van der Waals surface area contributed by atoms with Crippen molar-refractivity contribution in [2.24, 2.45) is 5.92 Å². The number of nitrogens with one attached hydrogen (secondary N) is 1. The Hall–Kier alpha value is -2.97. The molecule has 0 radical (unpaired) electrons. The molecular formula is C15H18N6O3. The molecule has 3 rings (SSSR count). The van der Waals surface area contributed by atoms with E-state index in [9.17, 15) is 9.59 Å². The van der Waals surface area contributed by atoms with Crippen LogP contribution in [0.2, 0.25) is 0 Å². The SMILES string of the molecule is CCC(CC)Cn1ncc2nc(-n3cc(C(=O)O)cn3)[nH]c(=O)c21. The van der Waals surface area contributed by atoms with Crippen LogP contribution in [0.15, 0.2) is 23.4 Å². The molecule has 9 nitrogen and oxygen atoms in total. The van der Waals surface area contributed by atoms with Crippen molar-refractivity contribution >= 4 is 17.0 Å². The lowest BCUT2D eigenvalue weighted by Gasteiger charge is -2.12. The maximum Gasteiger partial charge on any atom is 0.338 e. The third-order valence-electron chi connectivity index (χ3n) is 4.12. The van der Waals surface area contributed by atoms with Crippen molar-refractivity contribution in [2.75, 3.05) is 0 Å². The van der Waals surface area contributed by atoms with Crippen molar-refractivity contribution in [3.63, 3.8) is 0 Å². The lowest BCUT2D eigenvalue weighted by molar-refractivity contribution is 0.0697.